The number of hydrogen-bond acceptors (Lipinski definition) is 4. The molecule has 1 aromatic carbocycles. The average molecular weight is 353 g/mol. The molecule has 0 N–H and O–H groups in total. The van der Waals surface area contributed by atoms with Crippen LogP contribution in [0.3, 0.4) is 0 Å². The van der Waals surface area contributed by atoms with E-state index >= 15 is 0 Å². The van der Waals surface area contributed by atoms with E-state index in [9.17, 15) is 0 Å². The topological polar surface area (TPSA) is 35.0 Å². The van der Waals surface area contributed by atoms with Gasteiger partial charge in [-0.05, 0) is 0 Å². The van der Waals surface area contributed by atoms with Gasteiger partial charge in [-0.25, -0.2) is 0 Å². The van der Waals surface area contributed by atoms with E-state index in [1.165, 1.54) is 9.33 Å². The third-order valence-electron chi connectivity index (χ3n) is 3.19. The average Bonchev–Trinajstić information content (AvgIpc) is 2.86. The predicted molar refractivity (Wildman–Crippen MR) is 83.6 cm³/mol. The van der Waals surface area contributed by atoms with Crippen LogP contribution in [0, 0.1) is 5.92 Å². The monoisotopic (exact) mass is 354 g/mol. The summed E-state index contributed by atoms with van der Waals surface area (Å²) in [5, 5.41) is 4.34. The number of fused-ring (bicyclic) bond motifs is 3. The molecule has 0 amide bonds. The number of benzene rings is 1. The van der Waals surface area contributed by atoms with E-state index in [0.717, 1.165) is 22.8 Å². The Morgan fingerprint density at radius 1 is 1.35 bits per heavy atom. The summed E-state index contributed by atoms with van der Waals surface area (Å²) in [6, 6.07) is 6.44. The van der Waals surface area contributed by atoms with Gasteiger partial charge in [0.1, 0.15) is 0 Å². The molecule has 0 aliphatic carbocycles. The molecule has 20 heavy (non-hydrogen) atoms. The Labute approximate surface area is 130 Å². The first-order valence-electron chi connectivity index (χ1n) is 6.76. The zero-order valence-electron chi connectivity index (χ0n) is 12.1. The first-order chi connectivity index (χ1) is 9.47. The maximum atomic E-state index is 6.21. The summed E-state index contributed by atoms with van der Waals surface area (Å²) in [4.78, 5) is 1.26. The van der Waals surface area contributed by atoms with Crippen molar-refractivity contribution < 1.29 is 4.74 Å². The quantitative estimate of drug-likeness (QED) is 0.624. The van der Waals surface area contributed by atoms with E-state index in [1.54, 1.807) is 0 Å². The van der Waals surface area contributed by atoms with Crippen molar-refractivity contribution in [3.8, 4) is 17.0 Å². The molecular formula is C15H18N2OSSe. The predicted octanol–water partition coefficient (Wildman–Crippen LogP) is 3.58. The second kappa shape index (κ2) is 5.21. The molecule has 2 aromatic rings. The van der Waals surface area contributed by atoms with Crippen LogP contribution in [-0.2, 0) is 5.60 Å². The van der Waals surface area contributed by atoms with Crippen LogP contribution in [0.1, 0.15) is 32.1 Å². The van der Waals surface area contributed by atoms with Crippen molar-refractivity contribution in [3.05, 3.63) is 22.6 Å². The fraction of sp³-hybridized carbons (Fsp3) is 0.467. The van der Waals surface area contributed by atoms with Gasteiger partial charge in [0.15, 0.2) is 0 Å². The van der Waals surface area contributed by atoms with Gasteiger partial charge in [0.05, 0.1) is 0 Å². The molecule has 0 unspecified atom stereocenters. The molecule has 1 aromatic heterocycles. The Morgan fingerprint density at radius 3 is 2.90 bits per heavy atom. The Kier molecular flexibility index (Phi) is 3.69. The second-order valence-corrected chi connectivity index (χ2v) is 8.60. The van der Waals surface area contributed by atoms with Gasteiger partial charge in [-0.2, -0.15) is 0 Å². The van der Waals surface area contributed by atoms with Gasteiger partial charge >= 0.3 is 130 Å². The van der Waals surface area contributed by atoms with E-state index in [4.69, 9.17) is 4.74 Å². The van der Waals surface area contributed by atoms with Crippen molar-refractivity contribution in [1.29, 1.82) is 0 Å². The summed E-state index contributed by atoms with van der Waals surface area (Å²) in [5.41, 5.74) is 1.85. The van der Waals surface area contributed by atoms with Gasteiger partial charge in [0.2, 0.25) is 0 Å². The van der Waals surface area contributed by atoms with Gasteiger partial charge in [0.25, 0.3) is 0 Å². The molecule has 0 radical (unpaired) electrons. The number of thioether (sulfide) groups is 1. The zero-order chi connectivity index (χ0) is 14.3. The number of nitrogens with zero attached hydrogens (tertiary/aromatic N) is 2. The zero-order valence-corrected chi connectivity index (χ0v) is 14.7. The summed E-state index contributed by atoms with van der Waals surface area (Å²) < 4.78 is 11.7. The first kappa shape index (κ1) is 14.2. The van der Waals surface area contributed by atoms with Crippen LogP contribution in [0.4, 0.5) is 0 Å². The van der Waals surface area contributed by atoms with Crippen molar-refractivity contribution in [2.75, 3.05) is 5.75 Å². The molecule has 0 saturated heterocycles. The first-order valence-corrected chi connectivity index (χ1v) is 9.37. The van der Waals surface area contributed by atoms with Crippen molar-refractivity contribution >= 4 is 26.5 Å². The summed E-state index contributed by atoms with van der Waals surface area (Å²) in [6.45, 7) is 8.70. The van der Waals surface area contributed by atoms with Crippen LogP contribution in [0.5, 0.6) is 5.75 Å². The van der Waals surface area contributed by atoms with Gasteiger partial charge in [0, 0.05) is 0 Å². The summed E-state index contributed by atoms with van der Waals surface area (Å²) in [5.74, 6) is 2.76. The van der Waals surface area contributed by atoms with Crippen LogP contribution in [0.25, 0.3) is 11.3 Å². The molecule has 3 nitrogen and oxygen atoms in total. The Morgan fingerprint density at radius 2 is 2.15 bits per heavy atom. The van der Waals surface area contributed by atoms with Crippen molar-refractivity contribution in [2.24, 2.45) is 5.92 Å². The SMILES string of the molecule is CC(C)CSc1ccc2c(c1)OC(C)(C)c1[se]nnc1-2. The normalized spacial score (nSPS) is 15.7. The third-order valence-corrected chi connectivity index (χ3v) is 6.77. The van der Waals surface area contributed by atoms with Crippen LogP contribution in [0.2, 0.25) is 0 Å². The molecule has 5 heteroatoms. The van der Waals surface area contributed by atoms with Crippen molar-refractivity contribution in [3.63, 3.8) is 0 Å². The molecule has 1 aliphatic heterocycles. The van der Waals surface area contributed by atoms with Gasteiger partial charge in [-0.15, -0.1) is 0 Å². The number of rotatable bonds is 3. The van der Waals surface area contributed by atoms with Crippen LogP contribution < -0.4 is 4.74 Å². The Bertz CT molecular complexity index is 637. The third kappa shape index (κ3) is 2.54. The molecule has 106 valence electrons. The van der Waals surface area contributed by atoms with Gasteiger partial charge in [-0.3, -0.25) is 0 Å². The minimum atomic E-state index is -0.285. The van der Waals surface area contributed by atoms with Crippen molar-refractivity contribution in [2.45, 2.75) is 38.2 Å². The standard InChI is InChI=1S/C15H18N2OSSe/c1-9(2)8-19-10-5-6-11-12(7-10)18-15(3,4)14-13(11)16-17-20-14/h5-7,9H,8H2,1-4H3. The Balaban J connectivity index is 1.98. The van der Waals surface area contributed by atoms with Crippen molar-refractivity contribution in [1.82, 2.24) is 9.19 Å². The van der Waals surface area contributed by atoms with Crippen LogP contribution >= 0.6 is 11.8 Å². The molecule has 0 bridgehead atoms. The summed E-state index contributed by atoms with van der Waals surface area (Å²) in [6.07, 6.45) is 0. The molecule has 0 fully saturated rings. The van der Waals surface area contributed by atoms with Crippen LogP contribution in [0.15, 0.2) is 23.1 Å². The minimum absolute atomic E-state index is 0.0849. The van der Waals surface area contributed by atoms with E-state index < -0.39 is 0 Å². The molecule has 3 rings (SSSR count). The van der Waals surface area contributed by atoms with Gasteiger partial charge in [-0.1, -0.05) is 0 Å². The van der Waals surface area contributed by atoms with E-state index in [-0.39, 0.29) is 20.3 Å². The maximum absolute atomic E-state index is 6.21. The van der Waals surface area contributed by atoms with E-state index in [1.807, 2.05) is 11.8 Å². The molecular weight excluding hydrogens is 335 g/mol. The fourth-order valence-electron chi connectivity index (χ4n) is 2.22. The van der Waals surface area contributed by atoms with E-state index in [0.29, 0.717) is 5.92 Å². The Hall–Kier alpha value is -0.771. The molecule has 1 aliphatic rings. The molecule has 0 saturated carbocycles. The number of ether oxygens (including phenoxy) is 1. The summed E-state index contributed by atoms with van der Waals surface area (Å²) >= 11 is 1.97. The van der Waals surface area contributed by atoms with Crippen LogP contribution in [-0.4, -0.2) is 29.7 Å². The van der Waals surface area contributed by atoms with E-state index in [2.05, 4.69) is 55.1 Å². The molecule has 0 spiro atoms. The molecule has 2 heterocycles. The van der Waals surface area contributed by atoms with Gasteiger partial charge < -0.3 is 0 Å². The fourth-order valence-corrected chi connectivity index (χ4v) is 4.57. The number of hydrogen-bond donors (Lipinski definition) is 0. The second-order valence-electron chi connectivity index (χ2n) is 5.93. The summed E-state index contributed by atoms with van der Waals surface area (Å²) in [7, 11) is 0. The number of aromatic nitrogens is 2. The molecule has 0 atom stereocenters.